The molecule has 1 aliphatic rings. The summed E-state index contributed by atoms with van der Waals surface area (Å²) in [7, 11) is -16.4. The molecular formula is C4H9NO9S3. The fourth-order valence-corrected chi connectivity index (χ4v) is 6.52. The van der Waals surface area contributed by atoms with Crippen molar-refractivity contribution in [1.29, 1.82) is 0 Å². The summed E-state index contributed by atoms with van der Waals surface area (Å²) in [5.74, 6) is 0. The monoisotopic (exact) mass is 311 g/mol. The van der Waals surface area contributed by atoms with E-state index >= 15 is 0 Å². The lowest BCUT2D eigenvalue weighted by Gasteiger charge is -2.33. The summed E-state index contributed by atoms with van der Waals surface area (Å²) in [6.45, 7) is -0.935. The zero-order chi connectivity index (χ0) is 13.7. The van der Waals surface area contributed by atoms with E-state index in [1.165, 1.54) is 0 Å². The van der Waals surface area contributed by atoms with Gasteiger partial charge in [0.15, 0.2) is 0 Å². The first-order valence-corrected chi connectivity index (χ1v) is 8.38. The second-order valence-corrected chi connectivity index (χ2v) is 8.30. The van der Waals surface area contributed by atoms with Crippen LogP contribution in [0.3, 0.4) is 0 Å². The summed E-state index contributed by atoms with van der Waals surface area (Å²) in [5.41, 5.74) is 0. The van der Waals surface area contributed by atoms with Gasteiger partial charge in [-0.25, -0.2) is 4.55 Å². The highest BCUT2D eigenvalue weighted by molar-refractivity contribution is 7.94. The highest BCUT2D eigenvalue weighted by atomic mass is 32.3. The van der Waals surface area contributed by atoms with E-state index in [0.29, 0.717) is 0 Å². The molecule has 1 fully saturated rings. The molecule has 0 aromatic carbocycles. The van der Waals surface area contributed by atoms with Gasteiger partial charge < -0.3 is 4.55 Å². The maximum atomic E-state index is 11.0. The fraction of sp³-hybridized carbons (Fsp3) is 1.00. The topological polar surface area (TPSA) is 166 Å². The standard InChI is InChI=1S/C4H9NO9S3/c6-15(7,8)4-2-1-3-5(4,16(9,10)11)17(12,13)14/h4H,1-3H2,(H2-,6,7,8,9,10,11,12,13,14). The van der Waals surface area contributed by atoms with Gasteiger partial charge in [0.25, 0.3) is 10.3 Å². The van der Waals surface area contributed by atoms with Crippen LogP contribution in [-0.4, -0.2) is 54.1 Å². The molecule has 0 radical (unpaired) electrons. The van der Waals surface area contributed by atoms with Crippen LogP contribution in [0.5, 0.6) is 0 Å². The van der Waals surface area contributed by atoms with Crippen molar-refractivity contribution >= 4 is 30.7 Å². The van der Waals surface area contributed by atoms with Gasteiger partial charge in [0.05, 0.1) is 0 Å². The van der Waals surface area contributed by atoms with E-state index in [4.69, 9.17) is 9.11 Å². The summed E-state index contributed by atoms with van der Waals surface area (Å²) < 4.78 is 91.7. The molecule has 1 saturated heterocycles. The summed E-state index contributed by atoms with van der Waals surface area (Å²) in [4.78, 5) is 0. The average molecular weight is 311 g/mol. The smallest absolute Gasteiger partial charge is 0.448 e. The zero-order valence-electron chi connectivity index (χ0n) is 8.12. The van der Waals surface area contributed by atoms with Gasteiger partial charge >= 0.3 is 20.4 Å². The van der Waals surface area contributed by atoms with Crippen LogP contribution in [0.1, 0.15) is 12.8 Å². The van der Waals surface area contributed by atoms with Gasteiger partial charge in [0.1, 0.15) is 6.54 Å². The average Bonchev–Trinajstić information content (AvgIpc) is 2.42. The van der Waals surface area contributed by atoms with Gasteiger partial charge in [0.2, 0.25) is 5.37 Å². The zero-order valence-corrected chi connectivity index (χ0v) is 10.6. The minimum absolute atomic E-state index is 0.272. The van der Waals surface area contributed by atoms with Crippen LogP contribution in [0.25, 0.3) is 0 Å². The quantitative estimate of drug-likeness (QED) is 0.445. The van der Waals surface area contributed by atoms with E-state index in [1.807, 2.05) is 0 Å². The van der Waals surface area contributed by atoms with Crippen LogP contribution in [0.2, 0.25) is 0 Å². The molecule has 0 bridgehead atoms. The van der Waals surface area contributed by atoms with Crippen molar-refractivity contribution in [2.75, 3.05) is 6.54 Å². The van der Waals surface area contributed by atoms with E-state index in [1.54, 1.807) is 0 Å². The molecule has 13 heteroatoms. The summed E-state index contributed by atoms with van der Waals surface area (Å²) in [5, 5.41) is -2.43. The summed E-state index contributed by atoms with van der Waals surface area (Å²) in [6, 6.07) is 0. The molecule has 2 atom stereocenters. The SMILES string of the molecule is O=S(=O)(O)C1CCC[N+]1(S(=O)(=O)[O-])S(=O)(=O)O. The number of quaternary nitrogens is 1. The van der Waals surface area contributed by atoms with Crippen LogP contribution in [0.4, 0.5) is 0 Å². The van der Waals surface area contributed by atoms with Crippen molar-refractivity contribution in [2.45, 2.75) is 18.2 Å². The largest absolute Gasteiger partial charge is 0.701 e. The molecule has 102 valence electrons. The third kappa shape index (κ3) is 2.18. The van der Waals surface area contributed by atoms with E-state index in [2.05, 4.69) is 0 Å². The minimum atomic E-state index is -5.74. The lowest BCUT2D eigenvalue weighted by Crippen LogP contribution is -2.61. The van der Waals surface area contributed by atoms with E-state index < -0.39 is 52.4 Å². The highest BCUT2D eigenvalue weighted by Gasteiger charge is 2.62. The van der Waals surface area contributed by atoms with Crippen LogP contribution >= 0.6 is 0 Å². The number of hydrogen-bond acceptors (Lipinski definition) is 7. The minimum Gasteiger partial charge on any atom is -0.701 e. The maximum absolute atomic E-state index is 11.0. The van der Waals surface area contributed by atoms with Crippen molar-refractivity contribution in [3.8, 4) is 0 Å². The summed E-state index contributed by atoms with van der Waals surface area (Å²) in [6.07, 6.45) is -0.841. The predicted octanol–water partition coefficient (Wildman–Crippen LogP) is -1.93. The lowest BCUT2D eigenvalue weighted by molar-refractivity contribution is -0.681. The van der Waals surface area contributed by atoms with Gasteiger partial charge in [-0.3, -0.25) is 4.55 Å². The van der Waals surface area contributed by atoms with Crippen LogP contribution in [0, 0.1) is 0 Å². The fourth-order valence-electron chi connectivity index (χ4n) is 1.81. The van der Waals surface area contributed by atoms with Gasteiger partial charge in [-0.05, 0) is 0 Å². The van der Waals surface area contributed by atoms with E-state index in [9.17, 15) is 29.8 Å². The van der Waals surface area contributed by atoms with Gasteiger partial charge in [-0.1, -0.05) is 3.29 Å². The first-order valence-electron chi connectivity index (χ1n) is 4.12. The Morgan fingerprint density at radius 3 is 1.76 bits per heavy atom. The normalized spacial score (nSPS) is 31.6. The van der Waals surface area contributed by atoms with Crippen molar-refractivity contribution in [2.24, 2.45) is 0 Å². The third-order valence-corrected chi connectivity index (χ3v) is 7.55. The van der Waals surface area contributed by atoms with Gasteiger partial charge in [-0.2, -0.15) is 16.8 Å². The van der Waals surface area contributed by atoms with Crippen molar-refractivity contribution < 1.29 is 42.2 Å². The molecule has 10 nitrogen and oxygen atoms in total. The number of hydrogen-bond donors (Lipinski definition) is 2. The Labute approximate surface area is 98.0 Å². The first-order chi connectivity index (χ1) is 7.34. The second kappa shape index (κ2) is 3.84. The first kappa shape index (κ1) is 14.7. The molecule has 17 heavy (non-hydrogen) atoms. The molecule has 0 spiro atoms. The second-order valence-electron chi connectivity index (χ2n) is 3.44. The molecule has 0 aromatic rings. The Hall–Kier alpha value is -0.310. The molecule has 1 aliphatic heterocycles. The van der Waals surface area contributed by atoms with Gasteiger partial charge in [-0.15, -0.1) is 8.42 Å². The van der Waals surface area contributed by atoms with Gasteiger partial charge in [0, 0.05) is 12.8 Å². The third-order valence-electron chi connectivity index (χ3n) is 2.47. The number of rotatable bonds is 3. The Bertz CT molecular complexity index is 581. The van der Waals surface area contributed by atoms with Crippen LogP contribution < -0.4 is 0 Å². The molecule has 0 aromatic heterocycles. The van der Waals surface area contributed by atoms with Crippen molar-refractivity contribution in [3.05, 3.63) is 0 Å². The van der Waals surface area contributed by atoms with Crippen LogP contribution in [-0.2, 0) is 30.7 Å². The maximum Gasteiger partial charge on any atom is 0.448 e. The molecule has 2 unspecified atom stereocenters. The Kier molecular flexibility index (Phi) is 3.33. The van der Waals surface area contributed by atoms with Crippen LogP contribution in [0.15, 0.2) is 0 Å². The lowest BCUT2D eigenvalue weighted by atomic mass is 10.4. The molecular weight excluding hydrogens is 302 g/mol. The Morgan fingerprint density at radius 1 is 1.06 bits per heavy atom. The molecule has 2 N–H and O–H groups in total. The number of nitrogens with zero attached hydrogens (tertiary/aromatic N) is 1. The Morgan fingerprint density at radius 2 is 1.53 bits per heavy atom. The molecule has 1 rings (SSSR count). The molecule has 0 saturated carbocycles. The molecule has 1 heterocycles. The van der Waals surface area contributed by atoms with Crippen molar-refractivity contribution in [1.82, 2.24) is 0 Å². The molecule has 0 amide bonds. The Balaban J connectivity index is 3.69. The summed E-state index contributed by atoms with van der Waals surface area (Å²) >= 11 is 0. The highest BCUT2D eigenvalue weighted by Crippen LogP contribution is 2.36. The molecule has 0 aliphatic carbocycles. The van der Waals surface area contributed by atoms with E-state index in [0.717, 1.165) is 0 Å². The van der Waals surface area contributed by atoms with Crippen molar-refractivity contribution in [3.63, 3.8) is 0 Å². The predicted molar refractivity (Wildman–Crippen MR) is 50.9 cm³/mol. The van der Waals surface area contributed by atoms with E-state index in [-0.39, 0.29) is 6.42 Å².